The summed E-state index contributed by atoms with van der Waals surface area (Å²) in [7, 11) is 0. The van der Waals surface area contributed by atoms with Gasteiger partial charge in [-0.05, 0) is 32.6 Å². The standard InChI is InChI=1S/C12H21N5O/c1-3-13-10-15-11(14-8-9-6-5-7-9)17-12(16-10)18-4-2/h9H,3-8H2,1-2H3,(H2,13,14,15,16,17). The summed E-state index contributed by atoms with van der Waals surface area (Å²) in [6.45, 7) is 6.18. The SMILES string of the molecule is CCNc1nc(NCC2CCC2)nc(OCC)n1. The Balaban J connectivity index is 2.00. The Morgan fingerprint density at radius 3 is 2.39 bits per heavy atom. The molecule has 100 valence electrons. The topological polar surface area (TPSA) is 72.0 Å². The average Bonchev–Trinajstić information content (AvgIpc) is 2.27. The van der Waals surface area contributed by atoms with Gasteiger partial charge in [0.15, 0.2) is 0 Å². The lowest BCUT2D eigenvalue weighted by molar-refractivity contribution is 0.311. The van der Waals surface area contributed by atoms with Crippen LogP contribution in [0.3, 0.4) is 0 Å². The lowest BCUT2D eigenvalue weighted by atomic mass is 9.85. The molecular formula is C12H21N5O. The van der Waals surface area contributed by atoms with Crippen molar-refractivity contribution >= 4 is 11.9 Å². The van der Waals surface area contributed by atoms with Gasteiger partial charge in [-0.2, -0.15) is 15.0 Å². The normalized spacial score (nSPS) is 15.0. The number of ether oxygens (including phenoxy) is 1. The Morgan fingerprint density at radius 1 is 1.11 bits per heavy atom. The molecule has 1 saturated carbocycles. The highest BCUT2D eigenvalue weighted by Gasteiger charge is 2.17. The van der Waals surface area contributed by atoms with E-state index in [2.05, 4.69) is 25.6 Å². The molecule has 0 spiro atoms. The molecule has 18 heavy (non-hydrogen) atoms. The minimum atomic E-state index is 0.375. The second kappa shape index (κ2) is 6.37. The summed E-state index contributed by atoms with van der Waals surface area (Å²) in [5.74, 6) is 1.92. The van der Waals surface area contributed by atoms with Gasteiger partial charge in [-0.3, -0.25) is 0 Å². The molecule has 1 fully saturated rings. The van der Waals surface area contributed by atoms with E-state index in [9.17, 15) is 0 Å². The molecule has 1 aliphatic carbocycles. The predicted octanol–water partition coefficient (Wildman–Crippen LogP) is 1.91. The zero-order valence-electron chi connectivity index (χ0n) is 11.1. The third kappa shape index (κ3) is 3.45. The highest BCUT2D eigenvalue weighted by Crippen LogP contribution is 2.26. The van der Waals surface area contributed by atoms with Gasteiger partial charge in [-0.15, -0.1) is 0 Å². The molecule has 0 aliphatic heterocycles. The van der Waals surface area contributed by atoms with E-state index in [1.54, 1.807) is 0 Å². The molecule has 6 nitrogen and oxygen atoms in total. The fourth-order valence-corrected chi connectivity index (χ4v) is 1.80. The first-order valence-electron chi connectivity index (χ1n) is 6.68. The molecular weight excluding hydrogens is 230 g/mol. The van der Waals surface area contributed by atoms with Gasteiger partial charge in [0.05, 0.1) is 6.61 Å². The van der Waals surface area contributed by atoms with Crippen LogP contribution in [0, 0.1) is 5.92 Å². The number of nitrogens with one attached hydrogen (secondary N) is 2. The molecule has 0 radical (unpaired) electrons. The lowest BCUT2D eigenvalue weighted by Gasteiger charge is -2.25. The van der Waals surface area contributed by atoms with Gasteiger partial charge < -0.3 is 15.4 Å². The molecule has 0 unspecified atom stereocenters. The van der Waals surface area contributed by atoms with Gasteiger partial charge in [0.25, 0.3) is 0 Å². The van der Waals surface area contributed by atoms with Gasteiger partial charge in [0, 0.05) is 13.1 Å². The molecule has 0 atom stereocenters. The molecule has 1 aliphatic rings. The van der Waals surface area contributed by atoms with Crippen LogP contribution in [0.1, 0.15) is 33.1 Å². The van der Waals surface area contributed by atoms with Crippen molar-refractivity contribution in [2.75, 3.05) is 30.3 Å². The monoisotopic (exact) mass is 251 g/mol. The first-order valence-corrected chi connectivity index (χ1v) is 6.68. The maximum Gasteiger partial charge on any atom is 0.323 e. The van der Waals surface area contributed by atoms with Crippen molar-refractivity contribution < 1.29 is 4.74 Å². The summed E-state index contributed by atoms with van der Waals surface area (Å²) in [6, 6.07) is 0.375. The minimum absolute atomic E-state index is 0.375. The van der Waals surface area contributed by atoms with E-state index in [1.807, 2.05) is 13.8 Å². The van der Waals surface area contributed by atoms with Crippen LogP contribution >= 0.6 is 0 Å². The van der Waals surface area contributed by atoms with Crippen LogP contribution in [-0.2, 0) is 0 Å². The number of hydrogen-bond donors (Lipinski definition) is 2. The van der Waals surface area contributed by atoms with Crippen LogP contribution in [0.5, 0.6) is 6.01 Å². The molecule has 0 saturated heterocycles. The third-order valence-electron chi connectivity index (χ3n) is 3.00. The Labute approximate surface area is 108 Å². The summed E-state index contributed by atoms with van der Waals surface area (Å²) >= 11 is 0. The van der Waals surface area contributed by atoms with Crippen LogP contribution in [0.25, 0.3) is 0 Å². The minimum Gasteiger partial charge on any atom is -0.464 e. The van der Waals surface area contributed by atoms with Crippen LogP contribution in [0.2, 0.25) is 0 Å². The maximum atomic E-state index is 5.34. The van der Waals surface area contributed by atoms with E-state index < -0.39 is 0 Å². The van der Waals surface area contributed by atoms with Crippen LogP contribution in [-0.4, -0.2) is 34.6 Å². The third-order valence-corrected chi connectivity index (χ3v) is 3.00. The number of rotatable bonds is 7. The van der Waals surface area contributed by atoms with Crippen molar-refractivity contribution in [3.63, 3.8) is 0 Å². The molecule has 0 aromatic carbocycles. The number of hydrogen-bond acceptors (Lipinski definition) is 6. The molecule has 1 aromatic rings. The molecule has 2 N–H and O–H groups in total. The Morgan fingerprint density at radius 2 is 1.83 bits per heavy atom. The molecule has 6 heteroatoms. The van der Waals surface area contributed by atoms with E-state index in [0.29, 0.717) is 24.5 Å². The molecule has 2 rings (SSSR count). The van der Waals surface area contributed by atoms with E-state index in [1.165, 1.54) is 19.3 Å². The molecule has 1 heterocycles. The Bertz CT molecular complexity index is 356. The first-order chi connectivity index (χ1) is 8.81. The summed E-state index contributed by atoms with van der Waals surface area (Å²) in [4.78, 5) is 12.7. The summed E-state index contributed by atoms with van der Waals surface area (Å²) in [5.41, 5.74) is 0. The second-order valence-electron chi connectivity index (χ2n) is 4.41. The van der Waals surface area contributed by atoms with Crippen molar-refractivity contribution in [3.8, 4) is 6.01 Å². The van der Waals surface area contributed by atoms with Gasteiger partial charge >= 0.3 is 6.01 Å². The Hall–Kier alpha value is -1.59. The first kappa shape index (κ1) is 12.9. The van der Waals surface area contributed by atoms with E-state index in [0.717, 1.165) is 19.0 Å². The van der Waals surface area contributed by atoms with Crippen molar-refractivity contribution in [1.29, 1.82) is 0 Å². The van der Waals surface area contributed by atoms with Crippen LogP contribution in [0.15, 0.2) is 0 Å². The maximum absolute atomic E-state index is 5.34. The van der Waals surface area contributed by atoms with Crippen molar-refractivity contribution in [2.45, 2.75) is 33.1 Å². The van der Waals surface area contributed by atoms with Crippen LogP contribution in [0.4, 0.5) is 11.9 Å². The van der Waals surface area contributed by atoms with Crippen LogP contribution < -0.4 is 15.4 Å². The van der Waals surface area contributed by atoms with E-state index in [-0.39, 0.29) is 0 Å². The fourth-order valence-electron chi connectivity index (χ4n) is 1.80. The largest absolute Gasteiger partial charge is 0.464 e. The fraction of sp³-hybridized carbons (Fsp3) is 0.750. The molecule has 1 aromatic heterocycles. The Kier molecular flexibility index (Phi) is 4.55. The predicted molar refractivity (Wildman–Crippen MR) is 71.0 cm³/mol. The van der Waals surface area contributed by atoms with Crippen molar-refractivity contribution in [2.24, 2.45) is 5.92 Å². The zero-order valence-corrected chi connectivity index (χ0v) is 11.1. The second-order valence-corrected chi connectivity index (χ2v) is 4.41. The highest BCUT2D eigenvalue weighted by molar-refractivity contribution is 5.35. The van der Waals surface area contributed by atoms with E-state index in [4.69, 9.17) is 4.74 Å². The number of nitrogens with zero attached hydrogens (tertiary/aromatic N) is 3. The highest BCUT2D eigenvalue weighted by atomic mass is 16.5. The van der Waals surface area contributed by atoms with Gasteiger partial charge in [-0.25, -0.2) is 0 Å². The van der Waals surface area contributed by atoms with Gasteiger partial charge in [0.2, 0.25) is 11.9 Å². The summed E-state index contributed by atoms with van der Waals surface area (Å²) in [6.07, 6.45) is 3.95. The molecule has 0 amide bonds. The smallest absolute Gasteiger partial charge is 0.323 e. The zero-order chi connectivity index (χ0) is 12.8. The summed E-state index contributed by atoms with van der Waals surface area (Å²) < 4.78 is 5.34. The van der Waals surface area contributed by atoms with E-state index >= 15 is 0 Å². The van der Waals surface area contributed by atoms with Gasteiger partial charge in [0.1, 0.15) is 0 Å². The summed E-state index contributed by atoms with van der Waals surface area (Å²) in [5, 5.41) is 6.34. The van der Waals surface area contributed by atoms with Crippen molar-refractivity contribution in [1.82, 2.24) is 15.0 Å². The lowest BCUT2D eigenvalue weighted by Crippen LogP contribution is -2.22. The van der Waals surface area contributed by atoms with Gasteiger partial charge in [-0.1, -0.05) is 6.42 Å². The molecule has 0 bridgehead atoms. The number of anilines is 2. The number of aromatic nitrogens is 3. The van der Waals surface area contributed by atoms with Crippen molar-refractivity contribution in [3.05, 3.63) is 0 Å². The average molecular weight is 251 g/mol. The quantitative estimate of drug-likeness (QED) is 0.771.